The van der Waals surface area contributed by atoms with E-state index in [4.69, 9.17) is 25.7 Å². The van der Waals surface area contributed by atoms with E-state index in [1.165, 1.54) is 12.8 Å². The van der Waals surface area contributed by atoms with Gasteiger partial charge in [0.05, 0.1) is 24.0 Å². The number of fused-ring (bicyclic) bond motifs is 4. The number of aromatic nitrogens is 6. The number of aryl methyl sites for hydroxylation is 1. The summed E-state index contributed by atoms with van der Waals surface area (Å²) >= 11 is 0. The molecule has 1 aliphatic heterocycles. The molecule has 3 fully saturated rings. The van der Waals surface area contributed by atoms with Crippen molar-refractivity contribution in [2.45, 2.75) is 44.3 Å². The highest BCUT2D eigenvalue weighted by Crippen LogP contribution is 2.40. The van der Waals surface area contributed by atoms with Crippen LogP contribution in [0.25, 0.3) is 44.8 Å². The first-order chi connectivity index (χ1) is 20.9. The lowest BCUT2D eigenvalue weighted by Crippen LogP contribution is -2.41. The van der Waals surface area contributed by atoms with Crippen LogP contribution in [0.5, 0.6) is 5.75 Å². The number of piperidine rings is 1. The Bertz CT molecular complexity index is 1970. The van der Waals surface area contributed by atoms with Crippen LogP contribution in [-0.4, -0.2) is 65.6 Å². The summed E-state index contributed by atoms with van der Waals surface area (Å²) in [7, 11) is 3.62. The summed E-state index contributed by atoms with van der Waals surface area (Å²) in [6.45, 7) is 1.55. The van der Waals surface area contributed by atoms with Crippen molar-refractivity contribution in [1.82, 2.24) is 34.0 Å². The van der Waals surface area contributed by atoms with Crippen molar-refractivity contribution in [2.24, 2.45) is 24.6 Å². The third-order valence-corrected chi connectivity index (χ3v) is 9.47. The lowest BCUT2D eigenvalue weighted by Gasteiger charge is -2.27. The molecule has 2 bridgehead atoms. The second-order valence-electron chi connectivity index (χ2n) is 12.1. The van der Waals surface area contributed by atoms with Gasteiger partial charge < -0.3 is 24.5 Å². The molecule has 4 aromatic heterocycles. The highest BCUT2D eigenvalue weighted by atomic mass is 16.5. The molecule has 3 aliphatic rings. The second kappa shape index (κ2) is 9.61. The van der Waals surface area contributed by atoms with Crippen LogP contribution < -0.4 is 10.5 Å². The summed E-state index contributed by atoms with van der Waals surface area (Å²) in [6.07, 6.45) is 7.69. The lowest BCUT2D eigenvalue weighted by atomic mass is 10.1. The highest BCUT2D eigenvalue weighted by molar-refractivity contribution is 6.00. The number of nitrogens with zero attached hydrogens (tertiary/aromatic N) is 8. The number of likely N-dealkylation sites (tertiary alicyclic amines) is 1. The molecule has 11 heteroatoms. The summed E-state index contributed by atoms with van der Waals surface area (Å²) in [5.41, 5.74) is 11.8. The van der Waals surface area contributed by atoms with Crippen LogP contribution in [0.3, 0.4) is 0 Å². The standard InChI is InChI=1S/C32H31N9O2/c1-39-29-23(9-20(11-26(29)43-2)32(42)41-16-19-6-8-24(41)28(19)34)38-31(39)25-10-18-5-7-22(21-13-35-27(12-33)36-14-21)37-30(18)40(25)15-17-3-4-17/h5,7,9-11,13-14,17,19,24,28H,3-4,6,8,15-16,34H2,1-2H3/t19?,24?,28-/m1/s1. The molecule has 43 heavy (non-hydrogen) atoms. The Kier molecular flexibility index (Phi) is 5.78. The van der Waals surface area contributed by atoms with Gasteiger partial charge in [-0.25, -0.2) is 19.9 Å². The van der Waals surface area contributed by atoms with Gasteiger partial charge in [0.2, 0.25) is 5.82 Å². The Labute approximate surface area is 247 Å². The van der Waals surface area contributed by atoms with Crippen molar-refractivity contribution >= 4 is 28.0 Å². The van der Waals surface area contributed by atoms with Crippen LogP contribution in [0.4, 0.5) is 0 Å². The van der Waals surface area contributed by atoms with Crippen LogP contribution in [-0.2, 0) is 13.6 Å². The Morgan fingerprint density at radius 2 is 1.93 bits per heavy atom. The maximum atomic E-state index is 13.7. The van der Waals surface area contributed by atoms with E-state index in [0.29, 0.717) is 35.2 Å². The number of ether oxygens (including phenoxy) is 1. The first-order valence-electron chi connectivity index (χ1n) is 14.8. The molecular formula is C32H31N9O2. The van der Waals surface area contributed by atoms with E-state index >= 15 is 0 Å². The number of amides is 1. The number of imidazole rings is 1. The first kappa shape index (κ1) is 25.9. The zero-order chi connectivity index (χ0) is 29.4. The molecule has 0 spiro atoms. The van der Waals surface area contributed by atoms with Crippen molar-refractivity contribution in [3.63, 3.8) is 0 Å². The van der Waals surface area contributed by atoms with Crippen LogP contribution in [0.15, 0.2) is 42.7 Å². The van der Waals surface area contributed by atoms with Gasteiger partial charge in [0, 0.05) is 61.1 Å². The number of rotatable bonds is 6. The molecular weight excluding hydrogens is 542 g/mol. The van der Waals surface area contributed by atoms with E-state index in [1.54, 1.807) is 19.5 Å². The van der Waals surface area contributed by atoms with Crippen LogP contribution in [0, 0.1) is 23.2 Å². The molecule has 2 saturated carbocycles. The van der Waals surface area contributed by atoms with Crippen LogP contribution in [0.1, 0.15) is 41.9 Å². The third-order valence-electron chi connectivity index (χ3n) is 9.47. The maximum Gasteiger partial charge on any atom is 0.254 e. The molecule has 3 atom stereocenters. The van der Waals surface area contributed by atoms with E-state index in [9.17, 15) is 4.79 Å². The van der Waals surface area contributed by atoms with E-state index in [-0.39, 0.29) is 23.8 Å². The fraction of sp³-hybridized carbons (Fsp3) is 0.375. The SMILES string of the molecule is COc1cc(C(=O)N2CC3CCC2[C@@H]3N)cc2nc(-c3cc4ccc(-c5cnc(C#N)nc5)nc4n3CC3CC3)n(C)c12. The Balaban J connectivity index is 1.23. The highest BCUT2D eigenvalue weighted by Gasteiger charge is 2.47. The van der Waals surface area contributed by atoms with Crippen molar-refractivity contribution in [3.8, 4) is 34.6 Å². The van der Waals surface area contributed by atoms with Crippen molar-refractivity contribution in [1.29, 1.82) is 5.26 Å². The zero-order valence-electron chi connectivity index (χ0n) is 24.1. The van der Waals surface area contributed by atoms with Gasteiger partial charge in [-0.3, -0.25) is 4.79 Å². The summed E-state index contributed by atoms with van der Waals surface area (Å²) in [6, 6.07) is 12.0. The average molecular weight is 574 g/mol. The molecule has 1 aromatic carbocycles. The fourth-order valence-electron chi connectivity index (χ4n) is 7.00. The van der Waals surface area contributed by atoms with Gasteiger partial charge in [-0.05, 0) is 67.9 Å². The summed E-state index contributed by atoms with van der Waals surface area (Å²) in [5, 5.41) is 10.1. The summed E-state index contributed by atoms with van der Waals surface area (Å²) < 4.78 is 10.1. The monoisotopic (exact) mass is 573 g/mol. The van der Waals surface area contributed by atoms with Gasteiger partial charge in [0.15, 0.2) is 5.82 Å². The van der Waals surface area contributed by atoms with E-state index in [1.807, 2.05) is 40.8 Å². The molecule has 11 nitrogen and oxygen atoms in total. The van der Waals surface area contributed by atoms with Gasteiger partial charge in [0.1, 0.15) is 23.0 Å². The third kappa shape index (κ3) is 4.08. The number of hydrogen-bond donors (Lipinski definition) is 1. The van der Waals surface area contributed by atoms with Crippen molar-refractivity contribution in [2.75, 3.05) is 13.7 Å². The molecule has 2 aliphatic carbocycles. The summed E-state index contributed by atoms with van der Waals surface area (Å²) in [5.74, 6) is 2.48. The lowest BCUT2D eigenvalue weighted by molar-refractivity contribution is 0.0700. The Morgan fingerprint density at radius 3 is 2.60 bits per heavy atom. The zero-order valence-corrected chi connectivity index (χ0v) is 24.1. The quantitative estimate of drug-likeness (QED) is 0.323. The van der Waals surface area contributed by atoms with Gasteiger partial charge in [-0.1, -0.05) is 0 Å². The van der Waals surface area contributed by atoms with Gasteiger partial charge in [0.25, 0.3) is 5.91 Å². The summed E-state index contributed by atoms with van der Waals surface area (Å²) in [4.78, 5) is 34.0. The smallest absolute Gasteiger partial charge is 0.254 e. The molecule has 2 N–H and O–H groups in total. The number of nitriles is 1. The van der Waals surface area contributed by atoms with Crippen molar-refractivity contribution in [3.05, 3.63) is 54.1 Å². The second-order valence-corrected chi connectivity index (χ2v) is 12.1. The topological polar surface area (TPSA) is 141 Å². The number of pyridine rings is 1. The number of carbonyl (C=O) groups is 1. The molecule has 1 saturated heterocycles. The molecule has 2 unspecified atom stereocenters. The molecule has 216 valence electrons. The van der Waals surface area contributed by atoms with E-state index in [2.05, 4.69) is 26.7 Å². The molecule has 5 heterocycles. The van der Waals surface area contributed by atoms with Crippen molar-refractivity contribution < 1.29 is 9.53 Å². The fourth-order valence-corrected chi connectivity index (χ4v) is 7.00. The van der Waals surface area contributed by atoms with Gasteiger partial charge in [-0.2, -0.15) is 5.26 Å². The minimum Gasteiger partial charge on any atom is -0.494 e. The minimum absolute atomic E-state index is 0.0126. The molecule has 5 aromatic rings. The molecule has 0 radical (unpaired) electrons. The number of hydrogen-bond acceptors (Lipinski definition) is 8. The van der Waals surface area contributed by atoms with Crippen LogP contribution >= 0.6 is 0 Å². The number of methoxy groups -OCH3 is 1. The normalized spacial score (nSPS) is 21.2. The maximum absolute atomic E-state index is 13.7. The van der Waals surface area contributed by atoms with Gasteiger partial charge >= 0.3 is 0 Å². The average Bonchev–Trinajstić information content (AvgIpc) is 3.44. The Morgan fingerprint density at radius 1 is 1.12 bits per heavy atom. The number of nitrogens with two attached hydrogens (primary N) is 1. The van der Waals surface area contributed by atoms with Gasteiger partial charge in [-0.15, -0.1) is 0 Å². The van der Waals surface area contributed by atoms with E-state index < -0.39 is 0 Å². The first-order valence-corrected chi connectivity index (χ1v) is 14.8. The number of carbonyl (C=O) groups excluding carboxylic acids is 1. The minimum atomic E-state index is -0.0126. The number of benzene rings is 1. The molecule has 1 amide bonds. The van der Waals surface area contributed by atoms with E-state index in [0.717, 1.165) is 58.7 Å². The largest absolute Gasteiger partial charge is 0.494 e. The molecule has 8 rings (SSSR count). The predicted molar refractivity (Wildman–Crippen MR) is 160 cm³/mol. The predicted octanol–water partition coefficient (Wildman–Crippen LogP) is 3.90. The Hall–Kier alpha value is -4.82. The van der Waals surface area contributed by atoms with Crippen LogP contribution in [0.2, 0.25) is 0 Å².